The van der Waals surface area contributed by atoms with Gasteiger partial charge in [-0.15, -0.1) is 0 Å². The summed E-state index contributed by atoms with van der Waals surface area (Å²) < 4.78 is 13.1. The van der Waals surface area contributed by atoms with Crippen molar-refractivity contribution in [2.24, 2.45) is 0 Å². The van der Waals surface area contributed by atoms with Gasteiger partial charge in [0.15, 0.2) is 0 Å². The first-order valence-electron chi connectivity index (χ1n) is 8.97. The van der Waals surface area contributed by atoms with Gasteiger partial charge in [-0.2, -0.15) is 0 Å². The number of methoxy groups -OCH3 is 1. The Hall–Kier alpha value is -1.85. The van der Waals surface area contributed by atoms with E-state index >= 15 is 0 Å². The van der Waals surface area contributed by atoms with Gasteiger partial charge in [-0.3, -0.25) is 4.79 Å². The molecule has 1 fully saturated rings. The number of carbonyl (C=O) groups excluding carboxylic acids is 1. The summed E-state index contributed by atoms with van der Waals surface area (Å²) in [7, 11) is 1.70. The zero-order valence-electron chi connectivity index (χ0n) is 15.4. The lowest BCUT2D eigenvalue weighted by atomic mass is 9.94. The fraction of sp³-hybridized carbons (Fsp3) is 0.550. The molecule has 0 bridgehead atoms. The number of hydrogen-bond acceptors (Lipinski definition) is 3. The molecule has 0 aliphatic carbocycles. The SMILES string of the molecule is COCCn1cc(CC(=O)NC2CCOC(C)(C)C2)c2ccccc21. The number of benzene rings is 1. The normalized spacial score (nSPS) is 19.9. The van der Waals surface area contributed by atoms with Crippen LogP contribution >= 0.6 is 0 Å². The van der Waals surface area contributed by atoms with Gasteiger partial charge in [0.1, 0.15) is 0 Å². The highest BCUT2D eigenvalue weighted by Crippen LogP contribution is 2.25. The third kappa shape index (κ3) is 4.41. The molecular formula is C20H28N2O3. The van der Waals surface area contributed by atoms with Crippen molar-refractivity contribution in [3.05, 3.63) is 36.0 Å². The summed E-state index contributed by atoms with van der Waals surface area (Å²) in [6, 6.07) is 8.41. The molecule has 1 aromatic heterocycles. The van der Waals surface area contributed by atoms with Crippen LogP contribution in [0, 0.1) is 0 Å². The average molecular weight is 344 g/mol. The van der Waals surface area contributed by atoms with E-state index in [0.717, 1.165) is 35.9 Å². The van der Waals surface area contributed by atoms with Crippen LogP contribution in [-0.4, -0.2) is 42.4 Å². The first-order valence-corrected chi connectivity index (χ1v) is 8.97. The van der Waals surface area contributed by atoms with Crippen molar-refractivity contribution < 1.29 is 14.3 Å². The molecule has 0 radical (unpaired) electrons. The van der Waals surface area contributed by atoms with Crippen LogP contribution in [0.1, 0.15) is 32.3 Å². The van der Waals surface area contributed by atoms with Gasteiger partial charge in [-0.25, -0.2) is 0 Å². The van der Waals surface area contributed by atoms with Crippen LogP contribution in [-0.2, 0) is 27.2 Å². The Balaban J connectivity index is 1.70. The molecule has 0 saturated carbocycles. The molecule has 2 aromatic rings. The highest BCUT2D eigenvalue weighted by Gasteiger charge is 2.29. The molecule has 5 heteroatoms. The number of carbonyl (C=O) groups is 1. The van der Waals surface area contributed by atoms with Crippen LogP contribution < -0.4 is 5.32 Å². The number of ether oxygens (including phenoxy) is 2. The zero-order valence-corrected chi connectivity index (χ0v) is 15.4. The quantitative estimate of drug-likeness (QED) is 0.877. The molecule has 5 nitrogen and oxygen atoms in total. The second-order valence-electron chi connectivity index (χ2n) is 7.40. The van der Waals surface area contributed by atoms with Crippen LogP contribution in [0.3, 0.4) is 0 Å². The van der Waals surface area contributed by atoms with Crippen LogP contribution in [0.5, 0.6) is 0 Å². The molecule has 2 heterocycles. The van der Waals surface area contributed by atoms with E-state index in [1.54, 1.807) is 7.11 Å². The lowest BCUT2D eigenvalue weighted by Gasteiger charge is -2.35. The van der Waals surface area contributed by atoms with Gasteiger partial charge in [-0.05, 0) is 38.3 Å². The third-order valence-corrected chi connectivity index (χ3v) is 4.82. The van der Waals surface area contributed by atoms with E-state index in [1.807, 2.05) is 12.1 Å². The summed E-state index contributed by atoms with van der Waals surface area (Å²) >= 11 is 0. The van der Waals surface area contributed by atoms with Gasteiger partial charge in [0.25, 0.3) is 0 Å². The highest BCUT2D eigenvalue weighted by molar-refractivity contribution is 5.89. The van der Waals surface area contributed by atoms with Crippen LogP contribution in [0.25, 0.3) is 10.9 Å². The Morgan fingerprint density at radius 3 is 2.96 bits per heavy atom. The molecule has 1 unspecified atom stereocenters. The van der Waals surface area contributed by atoms with Crippen molar-refractivity contribution in [2.45, 2.75) is 51.3 Å². The fourth-order valence-electron chi connectivity index (χ4n) is 3.65. The maximum atomic E-state index is 12.6. The molecule has 25 heavy (non-hydrogen) atoms. The number of aromatic nitrogens is 1. The van der Waals surface area contributed by atoms with Gasteiger partial charge >= 0.3 is 0 Å². The number of amides is 1. The molecule has 1 saturated heterocycles. The second kappa shape index (κ2) is 7.58. The van der Waals surface area contributed by atoms with E-state index in [1.165, 1.54) is 0 Å². The summed E-state index contributed by atoms with van der Waals surface area (Å²) in [5.41, 5.74) is 2.05. The topological polar surface area (TPSA) is 52.5 Å². The maximum absolute atomic E-state index is 12.6. The molecule has 1 aliphatic heterocycles. The minimum atomic E-state index is -0.160. The third-order valence-electron chi connectivity index (χ3n) is 4.82. The van der Waals surface area contributed by atoms with Crippen LogP contribution in [0.4, 0.5) is 0 Å². The minimum absolute atomic E-state index is 0.0809. The Morgan fingerprint density at radius 1 is 1.40 bits per heavy atom. The summed E-state index contributed by atoms with van der Waals surface area (Å²) in [5.74, 6) is 0.0809. The second-order valence-corrected chi connectivity index (χ2v) is 7.40. The lowest BCUT2D eigenvalue weighted by Crippen LogP contribution is -2.46. The van der Waals surface area contributed by atoms with E-state index in [2.05, 4.69) is 42.1 Å². The smallest absolute Gasteiger partial charge is 0.224 e. The largest absolute Gasteiger partial charge is 0.383 e. The Kier molecular flexibility index (Phi) is 5.45. The zero-order chi connectivity index (χ0) is 17.9. The molecular weight excluding hydrogens is 316 g/mol. The summed E-state index contributed by atoms with van der Waals surface area (Å²) in [4.78, 5) is 12.6. The first kappa shape index (κ1) is 18.0. The minimum Gasteiger partial charge on any atom is -0.383 e. The summed E-state index contributed by atoms with van der Waals surface area (Å²) in [6.07, 6.45) is 4.22. The number of fused-ring (bicyclic) bond motifs is 1. The summed E-state index contributed by atoms with van der Waals surface area (Å²) in [6.45, 7) is 6.30. The molecule has 1 N–H and O–H groups in total. The predicted molar refractivity (Wildman–Crippen MR) is 98.7 cm³/mol. The van der Waals surface area contributed by atoms with E-state index in [9.17, 15) is 4.79 Å². The van der Waals surface area contributed by atoms with E-state index in [-0.39, 0.29) is 17.6 Å². The number of rotatable bonds is 6. The number of para-hydroxylation sites is 1. The van der Waals surface area contributed by atoms with Gasteiger partial charge in [0.2, 0.25) is 5.91 Å². The van der Waals surface area contributed by atoms with Crippen molar-refractivity contribution in [2.75, 3.05) is 20.3 Å². The Morgan fingerprint density at radius 2 is 2.20 bits per heavy atom. The lowest BCUT2D eigenvalue weighted by molar-refractivity contribution is -0.123. The van der Waals surface area contributed by atoms with Crippen LogP contribution in [0.2, 0.25) is 0 Å². The highest BCUT2D eigenvalue weighted by atomic mass is 16.5. The van der Waals surface area contributed by atoms with Crippen molar-refractivity contribution in [1.29, 1.82) is 0 Å². The van der Waals surface area contributed by atoms with Crippen molar-refractivity contribution in [3.8, 4) is 0 Å². The van der Waals surface area contributed by atoms with Gasteiger partial charge < -0.3 is 19.4 Å². The predicted octanol–water partition coefficient (Wildman–Crippen LogP) is 2.90. The van der Waals surface area contributed by atoms with E-state index < -0.39 is 0 Å². The van der Waals surface area contributed by atoms with E-state index in [4.69, 9.17) is 9.47 Å². The van der Waals surface area contributed by atoms with Crippen molar-refractivity contribution in [1.82, 2.24) is 9.88 Å². The standard InChI is InChI=1S/C20H28N2O3/c1-20(2)13-16(8-10-25-20)21-19(23)12-15-14-22(9-11-24-3)18-7-5-4-6-17(15)18/h4-7,14,16H,8-13H2,1-3H3,(H,21,23). The molecule has 0 spiro atoms. The fourth-order valence-corrected chi connectivity index (χ4v) is 3.65. The van der Waals surface area contributed by atoms with E-state index in [0.29, 0.717) is 19.6 Å². The van der Waals surface area contributed by atoms with Crippen molar-refractivity contribution in [3.63, 3.8) is 0 Å². The number of nitrogens with one attached hydrogen (secondary N) is 1. The van der Waals surface area contributed by atoms with Gasteiger partial charge in [0, 0.05) is 43.4 Å². The molecule has 1 atom stereocenters. The average Bonchev–Trinajstić information content (AvgIpc) is 2.90. The molecule has 1 amide bonds. The van der Waals surface area contributed by atoms with Gasteiger partial charge in [0.05, 0.1) is 18.6 Å². The molecule has 1 aliphatic rings. The van der Waals surface area contributed by atoms with Crippen molar-refractivity contribution >= 4 is 16.8 Å². The number of nitrogens with zero attached hydrogens (tertiary/aromatic N) is 1. The Bertz CT molecular complexity index is 736. The summed E-state index contributed by atoms with van der Waals surface area (Å²) in [5, 5.41) is 4.33. The number of hydrogen-bond donors (Lipinski definition) is 1. The first-order chi connectivity index (χ1) is 12.0. The molecule has 136 valence electrons. The molecule has 3 rings (SSSR count). The Labute approximate surface area is 149 Å². The molecule has 1 aromatic carbocycles. The van der Waals surface area contributed by atoms with Gasteiger partial charge in [-0.1, -0.05) is 18.2 Å². The maximum Gasteiger partial charge on any atom is 0.224 e. The van der Waals surface area contributed by atoms with Crippen LogP contribution in [0.15, 0.2) is 30.5 Å². The monoisotopic (exact) mass is 344 g/mol.